The van der Waals surface area contributed by atoms with E-state index in [1.54, 1.807) is 11.3 Å². The molecule has 1 fully saturated rings. The maximum Gasteiger partial charge on any atom is 0.119 e. The Balaban J connectivity index is 1.33. The molecule has 29 heavy (non-hydrogen) atoms. The van der Waals surface area contributed by atoms with Gasteiger partial charge in [0.05, 0.1) is 6.10 Å². The van der Waals surface area contributed by atoms with Gasteiger partial charge in [0.2, 0.25) is 0 Å². The highest BCUT2D eigenvalue weighted by molar-refractivity contribution is 7.17. The monoisotopic (exact) mass is 401 g/mol. The van der Waals surface area contributed by atoms with E-state index in [9.17, 15) is 5.11 Å². The van der Waals surface area contributed by atoms with E-state index in [4.69, 9.17) is 4.74 Å². The number of aryl methyl sites for hydroxylation is 1. The fraction of sp³-hybridized carbons (Fsp3) is 0.240. The molecular formula is C25H23NO2S. The number of rotatable bonds is 5. The molecule has 4 heteroatoms. The van der Waals surface area contributed by atoms with E-state index >= 15 is 0 Å². The number of thiophene rings is 1. The summed E-state index contributed by atoms with van der Waals surface area (Å²) in [5, 5.41) is 13.0. The van der Waals surface area contributed by atoms with E-state index in [0.717, 1.165) is 29.8 Å². The van der Waals surface area contributed by atoms with E-state index in [2.05, 4.69) is 53.7 Å². The quantitative estimate of drug-likeness (QED) is 0.440. The topological polar surface area (TPSA) is 42.4 Å². The predicted molar refractivity (Wildman–Crippen MR) is 119 cm³/mol. The number of hydrogen-bond acceptors (Lipinski definition) is 4. The highest BCUT2D eigenvalue weighted by Gasteiger charge is 2.28. The van der Waals surface area contributed by atoms with Gasteiger partial charge in [-0.15, -0.1) is 11.3 Å². The van der Waals surface area contributed by atoms with Crippen molar-refractivity contribution in [1.29, 1.82) is 0 Å². The number of aromatic nitrogens is 1. The van der Waals surface area contributed by atoms with Crippen LogP contribution in [0, 0.1) is 6.92 Å². The molecule has 5 rings (SSSR count). The minimum absolute atomic E-state index is 0.122. The molecule has 2 aromatic heterocycles. The molecule has 146 valence electrons. The molecule has 1 saturated carbocycles. The molecule has 0 unspecified atom stereocenters. The summed E-state index contributed by atoms with van der Waals surface area (Å²) in [4.78, 5) is 4.44. The van der Waals surface area contributed by atoms with Gasteiger partial charge < -0.3 is 9.84 Å². The summed E-state index contributed by atoms with van der Waals surface area (Å²) in [6.45, 7) is 2.60. The van der Waals surface area contributed by atoms with Crippen LogP contribution in [0.5, 0.6) is 5.75 Å². The van der Waals surface area contributed by atoms with Crippen LogP contribution in [0.3, 0.4) is 0 Å². The SMILES string of the molecule is Cc1ncccc1-c1csc2ccc(COc3ccc(C4CC(O)C4)cc3)cc12. The Bertz CT molecular complexity index is 1140. The smallest absolute Gasteiger partial charge is 0.119 e. The minimum atomic E-state index is -0.122. The first-order chi connectivity index (χ1) is 14.2. The lowest BCUT2D eigenvalue weighted by atomic mass is 9.78. The zero-order valence-corrected chi connectivity index (χ0v) is 17.2. The summed E-state index contributed by atoms with van der Waals surface area (Å²) in [6.07, 6.45) is 3.47. The van der Waals surface area contributed by atoms with Gasteiger partial charge in [-0.25, -0.2) is 0 Å². The van der Waals surface area contributed by atoms with E-state index in [1.165, 1.54) is 26.8 Å². The third kappa shape index (κ3) is 3.66. The fourth-order valence-corrected chi connectivity index (χ4v) is 4.95. The molecular weight excluding hydrogens is 378 g/mol. The second kappa shape index (κ2) is 7.62. The summed E-state index contributed by atoms with van der Waals surface area (Å²) in [7, 11) is 0. The largest absolute Gasteiger partial charge is 0.489 e. The van der Waals surface area contributed by atoms with E-state index in [1.807, 2.05) is 24.4 Å². The van der Waals surface area contributed by atoms with Crippen LogP contribution in [0.15, 0.2) is 66.2 Å². The minimum Gasteiger partial charge on any atom is -0.489 e. The zero-order valence-electron chi connectivity index (χ0n) is 16.3. The fourth-order valence-electron chi connectivity index (χ4n) is 4.01. The van der Waals surface area contributed by atoms with Crippen molar-refractivity contribution in [2.45, 2.75) is 38.4 Å². The average Bonchev–Trinajstić information content (AvgIpc) is 3.14. The molecule has 0 spiro atoms. The molecule has 0 radical (unpaired) electrons. The van der Waals surface area contributed by atoms with Crippen molar-refractivity contribution in [3.8, 4) is 16.9 Å². The Hall–Kier alpha value is -2.69. The summed E-state index contributed by atoms with van der Waals surface area (Å²) in [5.41, 5.74) is 5.93. The van der Waals surface area contributed by atoms with Gasteiger partial charge in [-0.2, -0.15) is 0 Å². The molecule has 4 aromatic rings. The van der Waals surface area contributed by atoms with Crippen LogP contribution in [0.1, 0.15) is 35.6 Å². The summed E-state index contributed by atoms with van der Waals surface area (Å²) >= 11 is 1.77. The van der Waals surface area contributed by atoms with Crippen molar-refractivity contribution in [3.05, 3.63) is 83.0 Å². The molecule has 1 aliphatic rings. The van der Waals surface area contributed by atoms with Crippen LogP contribution in [0.4, 0.5) is 0 Å². The average molecular weight is 402 g/mol. The molecule has 0 aliphatic heterocycles. The molecule has 1 N–H and O–H groups in total. The normalized spacial score (nSPS) is 18.6. The van der Waals surface area contributed by atoms with Crippen LogP contribution >= 0.6 is 11.3 Å². The molecule has 0 saturated heterocycles. The van der Waals surface area contributed by atoms with Crippen LogP contribution in [0.2, 0.25) is 0 Å². The molecule has 2 heterocycles. The van der Waals surface area contributed by atoms with Crippen LogP contribution in [-0.2, 0) is 6.61 Å². The number of ether oxygens (including phenoxy) is 1. The molecule has 1 aliphatic carbocycles. The summed E-state index contributed by atoms with van der Waals surface area (Å²) in [5.74, 6) is 1.37. The van der Waals surface area contributed by atoms with E-state index in [0.29, 0.717) is 12.5 Å². The third-order valence-electron chi connectivity index (χ3n) is 5.81. The van der Waals surface area contributed by atoms with Gasteiger partial charge in [-0.1, -0.05) is 24.3 Å². The number of pyridine rings is 1. The van der Waals surface area contributed by atoms with Crippen molar-refractivity contribution < 1.29 is 9.84 Å². The number of nitrogens with zero attached hydrogens (tertiary/aromatic N) is 1. The lowest BCUT2D eigenvalue weighted by Crippen LogP contribution is -2.26. The van der Waals surface area contributed by atoms with Crippen molar-refractivity contribution in [1.82, 2.24) is 4.98 Å². The molecule has 3 nitrogen and oxygen atoms in total. The maximum absolute atomic E-state index is 9.48. The number of benzene rings is 2. The van der Waals surface area contributed by atoms with Crippen LogP contribution in [-0.4, -0.2) is 16.2 Å². The lowest BCUT2D eigenvalue weighted by molar-refractivity contribution is 0.0746. The lowest BCUT2D eigenvalue weighted by Gasteiger charge is -2.31. The zero-order chi connectivity index (χ0) is 19.8. The first-order valence-electron chi connectivity index (χ1n) is 10.0. The first-order valence-corrected chi connectivity index (χ1v) is 10.9. The molecule has 0 amide bonds. The van der Waals surface area contributed by atoms with Gasteiger partial charge in [0.15, 0.2) is 0 Å². The van der Waals surface area contributed by atoms with Gasteiger partial charge in [0.1, 0.15) is 12.4 Å². The number of aliphatic hydroxyl groups is 1. The van der Waals surface area contributed by atoms with Gasteiger partial charge in [0.25, 0.3) is 0 Å². The standard InChI is InChI=1S/C25H23NO2S/c1-16-22(3-2-10-26-16)24-15-29-25-9-4-17(11-23(24)25)14-28-21-7-5-18(6-8-21)19-12-20(27)13-19/h2-11,15,19-20,27H,12-14H2,1H3. The Kier molecular flexibility index (Phi) is 4.82. The van der Waals surface area contributed by atoms with Gasteiger partial charge in [-0.05, 0) is 72.5 Å². The highest BCUT2D eigenvalue weighted by atomic mass is 32.1. The predicted octanol–water partition coefficient (Wildman–Crippen LogP) is 6.09. The summed E-state index contributed by atoms with van der Waals surface area (Å²) < 4.78 is 7.31. The molecule has 0 bridgehead atoms. The van der Waals surface area contributed by atoms with Gasteiger partial charge in [0, 0.05) is 33.1 Å². The second-order valence-electron chi connectivity index (χ2n) is 7.80. The number of fused-ring (bicyclic) bond motifs is 1. The number of hydrogen-bond donors (Lipinski definition) is 1. The van der Waals surface area contributed by atoms with Crippen molar-refractivity contribution in [2.75, 3.05) is 0 Å². The Morgan fingerprint density at radius 2 is 1.90 bits per heavy atom. The molecule has 0 atom stereocenters. The van der Waals surface area contributed by atoms with Crippen LogP contribution in [0.25, 0.3) is 21.2 Å². The first kappa shape index (κ1) is 18.3. The van der Waals surface area contributed by atoms with Crippen LogP contribution < -0.4 is 4.74 Å². The van der Waals surface area contributed by atoms with Gasteiger partial charge in [-0.3, -0.25) is 4.98 Å². The van der Waals surface area contributed by atoms with Crippen molar-refractivity contribution in [3.63, 3.8) is 0 Å². The number of aliphatic hydroxyl groups excluding tert-OH is 1. The van der Waals surface area contributed by atoms with Crippen molar-refractivity contribution in [2.24, 2.45) is 0 Å². The van der Waals surface area contributed by atoms with E-state index in [-0.39, 0.29) is 6.10 Å². The highest BCUT2D eigenvalue weighted by Crippen LogP contribution is 2.38. The van der Waals surface area contributed by atoms with Gasteiger partial charge >= 0.3 is 0 Å². The third-order valence-corrected chi connectivity index (χ3v) is 6.77. The molecule has 2 aromatic carbocycles. The maximum atomic E-state index is 9.48. The van der Waals surface area contributed by atoms with Crippen molar-refractivity contribution >= 4 is 21.4 Å². The Morgan fingerprint density at radius 3 is 2.66 bits per heavy atom. The summed E-state index contributed by atoms with van der Waals surface area (Å²) in [6, 6.07) is 19.0. The second-order valence-corrected chi connectivity index (χ2v) is 8.71. The Morgan fingerprint density at radius 1 is 1.07 bits per heavy atom. The van der Waals surface area contributed by atoms with E-state index < -0.39 is 0 Å². The Labute approximate surface area is 174 Å².